The first-order chi connectivity index (χ1) is 3.83. The molecule has 1 amide bonds. The number of amides is 1. The van der Waals surface area contributed by atoms with Crippen molar-refractivity contribution < 1.29 is 4.79 Å². The van der Waals surface area contributed by atoms with Gasteiger partial charge in [-0.05, 0) is 0 Å². The molecule has 0 aromatic heterocycles. The van der Waals surface area contributed by atoms with Gasteiger partial charge in [0.1, 0.15) is 6.17 Å². The van der Waals surface area contributed by atoms with E-state index in [1.54, 1.807) is 0 Å². The minimum atomic E-state index is -0.319. The van der Waals surface area contributed by atoms with Gasteiger partial charge < -0.3 is 5.73 Å². The summed E-state index contributed by atoms with van der Waals surface area (Å²) in [5.74, 6) is 0. The SMILES string of the molecule is NC1CN(C=O)N=N1. The summed E-state index contributed by atoms with van der Waals surface area (Å²) < 4.78 is 0. The van der Waals surface area contributed by atoms with Crippen molar-refractivity contribution in [2.45, 2.75) is 6.17 Å². The molecule has 8 heavy (non-hydrogen) atoms. The first-order valence-corrected chi connectivity index (χ1v) is 2.21. The fourth-order valence-corrected chi connectivity index (χ4v) is 0.461. The second kappa shape index (κ2) is 1.87. The fraction of sp³-hybridized carbons (Fsp3) is 0.667. The van der Waals surface area contributed by atoms with Crippen LogP contribution in [0.15, 0.2) is 10.3 Å². The van der Waals surface area contributed by atoms with Gasteiger partial charge in [-0.1, -0.05) is 5.22 Å². The van der Waals surface area contributed by atoms with E-state index in [1.807, 2.05) is 0 Å². The maximum atomic E-state index is 9.87. The lowest BCUT2D eigenvalue weighted by atomic mass is 10.5. The number of rotatable bonds is 1. The summed E-state index contributed by atoms with van der Waals surface area (Å²) in [6, 6.07) is 0. The molecule has 1 rings (SSSR count). The van der Waals surface area contributed by atoms with E-state index < -0.39 is 0 Å². The molecule has 1 atom stereocenters. The number of nitrogens with zero attached hydrogens (tertiary/aromatic N) is 3. The van der Waals surface area contributed by atoms with Crippen LogP contribution in [0.2, 0.25) is 0 Å². The molecule has 0 aromatic carbocycles. The number of carbonyl (C=O) groups is 1. The van der Waals surface area contributed by atoms with E-state index in [-0.39, 0.29) is 6.17 Å². The molecule has 5 heteroatoms. The van der Waals surface area contributed by atoms with E-state index in [0.29, 0.717) is 13.0 Å². The van der Waals surface area contributed by atoms with E-state index in [4.69, 9.17) is 5.73 Å². The van der Waals surface area contributed by atoms with Crippen LogP contribution in [0.5, 0.6) is 0 Å². The molecular formula is C3H6N4O. The first-order valence-electron chi connectivity index (χ1n) is 2.21. The standard InChI is InChI=1S/C3H6N4O/c4-3-1-7(2-8)6-5-3/h2-3H,1,4H2. The molecule has 0 saturated heterocycles. The Labute approximate surface area is 46.1 Å². The van der Waals surface area contributed by atoms with Crippen LogP contribution in [0.25, 0.3) is 0 Å². The van der Waals surface area contributed by atoms with Gasteiger partial charge >= 0.3 is 0 Å². The molecule has 0 aliphatic carbocycles. The van der Waals surface area contributed by atoms with Gasteiger partial charge in [-0.15, -0.1) is 5.11 Å². The predicted molar refractivity (Wildman–Crippen MR) is 25.6 cm³/mol. The molecule has 1 aliphatic heterocycles. The lowest BCUT2D eigenvalue weighted by molar-refractivity contribution is -0.117. The van der Waals surface area contributed by atoms with Crippen molar-refractivity contribution in [1.29, 1.82) is 0 Å². The van der Waals surface area contributed by atoms with Crippen LogP contribution in [0, 0.1) is 0 Å². The highest BCUT2D eigenvalue weighted by Gasteiger charge is 2.12. The van der Waals surface area contributed by atoms with Crippen LogP contribution in [0.4, 0.5) is 0 Å². The predicted octanol–water partition coefficient (Wildman–Crippen LogP) is -0.890. The van der Waals surface area contributed by atoms with Gasteiger partial charge in [-0.2, -0.15) is 0 Å². The van der Waals surface area contributed by atoms with Crippen molar-refractivity contribution >= 4 is 6.41 Å². The van der Waals surface area contributed by atoms with Gasteiger partial charge in [0.25, 0.3) is 0 Å². The number of nitrogens with two attached hydrogens (primary N) is 1. The summed E-state index contributed by atoms with van der Waals surface area (Å²) >= 11 is 0. The van der Waals surface area contributed by atoms with Gasteiger partial charge in [0.2, 0.25) is 6.41 Å². The number of hydrogen-bond donors (Lipinski definition) is 1. The zero-order valence-electron chi connectivity index (χ0n) is 4.19. The van der Waals surface area contributed by atoms with E-state index in [2.05, 4.69) is 10.3 Å². The molecule has 1 aliphatic rings. The van der Waals surface area contributed by atoms with Crippen molar-refractivity contribution in [2.24, 2.45) is 16.1 Å². The summed E-state index contributed by atoms with van der Waals surface area (Å²) in [5.41, 5.74) is 5.24. The van der Waals surface area contributed by atoms with Crippen LogP contribution >= 0.6 is 0 Å². The third-order valence-corrected chi connectivity index (χ3v) is 0.811. The summed E-state index contributed by atoms with van der Waals surface area (Å²) in [4.78, 5) is 9.87. The summed E-state index contributed by atoms with van der Waals surface area (Å²) in [6.07, 6.45) is 0.274. The molecule has 0 saturated carbocycles. The minimum Gasteiger partial charge on any atom is -0.307 e. The van der Waals surface area contributed by atoms with Crippen molar-refractivity contribution in [3.8, 4) is 0 Å². The summed E-state index contributed by atoms with van der Waals surface area (Å²) in [5, 5.41) is 8.04. The Bertz CT molecular complexity index is 122. The van der Waals surface area contributed by atoms with Gasteiger partial charge in [0.15, 0.2) is 0 Å². The highest BCUT2D eigenvalue weighted by Crippen LogP contribution is 1.99. The third kappa shape index (κ3) is 0.812. The first kappa shape index (κ1) is 5.17. The molecule has 1 unspecified atom stereocenters. The molecule has 44 valence electrons. The normalized spacial score (nSPS) is 26.6. The molecule has 1 heterocycles. The Morgan fingerprint density at radius 1 is 1.88 bits per heavy atom. The van der Waals surface area contributed by atoms with Crippen molar-refractivity contribution in [3.05, 3.63) is 0 Å². The molecule has 5 nitrogen and oxygen atoms in total. The van der Waals surface area contributed by atoms with Gasteiger partial charge in [-0.25, -0.2) is 5.01 Å². The largest absolute Gasteiger partial charge is 0.307 e. The molecule has 0 bridgehead atoms. The highest BCUT2D eigenvalue weighted by atomic mass is 16.1. The molecule has 0 aromatic rings. The number of hydrogen-bond acceptors (Lipinski definition) is 4. The highest BCUT2D eigenvalue weighted by molar-refractivity contribution is 5.46. The second-order valence-electron chi connectivity index (χ2n) is 1.50. The van der Waals surface area contributed by atoms with Crippen molar-refractivity contribution in [1.82, 2.24) is 5.01 Å². The topological polar surface area (TPSA) is 71.0 Å². The van der Waals surface area contributed by atoms with Gasteiger partial charge in [0, 0.05) is 0 Å². The van der Waals surface area contributed by atoms with Crippen LogP contribution in [-0.4, -0.2) is 24.1 Å². The average Bonchev–Trinajstić information content (AvgIpc) is 2.14. The van der Waals surface area contributed by atoms with Crippen LogP contribution in [0.1, 0.15) is 0 Å². The Kier molecular flexibility index (Phi) is 1.21. The van der Waals surface area contributed by atoms with Crippen molar-refractivity contribution in [3.63, 3.8) is 0 Å². The van der Waals surface area contributed by atoms with Crippen LogP contribution in [-0.2, 0) is 4.79 Å². The van der Waals surface area contributed by atoms with Crippen LogP contribution in [0.3, 0.4) is 0 Å². The summed E-state index contributed by atoms with van der Waals surface area (Å²) in [6.45, 7) is 0.406. The van der Waals surface area contributed by atoms with E-state index in [0.717, 1.165) is 5.01 Å². The molecule has 2 N–H and O–H groups in total. The molecule has 0 fully saturated rings. The monoisotopic (exact) mass is 114 g/mol. The Morgan fingerprint density at radius 2 is 2.62 bits per heavy atom. The Morgan fingerprint density at radius 3 is 2.88 bits per heavy atom. The zero-order valence-corrected chi connectivity index (χ0v) is 4.19. The average molecular weight is 114 g/mol. The molecular weight excluding hydrogens is 108 g/mol. The van der Waals surface area contributed by atoms with E-state index in [9.17, 15) is 4.79 Å². The lowest BCUT2D eigenvalue weighted by Crippen LogP contribution is -2.25. The zero-order chi connectivity index (χ0) is 5.98. The lowest BCUT2D eigenvalue weighted by Gasteiger charge is -1.98. The maximum absolute atomic E-state index is 9.87. The Hall–Kier alpha value is -0.970. The molecule has 0 spiro atoms. The van der Waals surface area contributed by atoms with Gasteiger partial charge in [-0.3, -0.25) is 4.79 Å². The fourth-order valence-electron chi connectivity index (χ4n) is 0.461. The number of carbonyl (C=O) groups excluding carboxylic acids is 1. The quantitative estimate of drug-likeness (QED) is 0.449. The molecule has 0 radical (unpaired) electrons. The van der Waals surface area contributed by atoms with Crippen molar-refractivity contribution in [2.75, 3.05) is 6.54 Å². The van der Waals surface area contributed by atoms with Gasteiger partial charge in [0.05, 0.1) is 6.54 Å². The smallest absolute Gasteiger partial charge is 0.231 e. The second-order valence-corrected chi connectivity index (χ2v) is 1.50. The van der Waals surface area contributed by atoms with E-state index in [1.165, 1.54) is 0 Å². The minimum absolute atomic E-state index is 0.319. The third-order valence-electron chi connectivity index (χ3n) is 0.811. The summed E-state index contributed by atoms with van der Waals surface area (Å²) in [7, 11) is 0. The Balaban J connectivity index is 2.45. The van der Waals surface area contributed by atoms with E-state index >= 15 is 0 Å². The maximum Gasteiger partial charge on any atom is 0.231 e. The van der Waals surface area contributed by atoms with Crippen LogP contribution < -0.4 is 5.73 Å².